The molecule has 1 unspecified atom stereocenters. The first-order valence-electron chi connectivity index (χ1n) is 11.0. The van der Waals surface area contributed by atoms with Gasteiger partial charge < -0.3 is 9.64 Å². The predicted octanol–water partition coefficient (Wildman–Crippen LogP) is 4.08. The number of hydrogen-bond donors (Lipinski definition) is 0. The Balaban J connectivity index is 1.48. The average molecular weight is 445 g/mol. The summed E-state index contributed by atoms with van der Waals surface area (Å²) in [6.07, 6.45) is 5.34. The molecule has 1 aliphatic heterocycles. The van der Waals surface area contributed by atoms with Crippen LogP contribution in [0.4, 0.5) is 4.39 Å². The van der Waals surface area contributed by atoms with Crippen LogP contribution in [0.1, 0.15) is 34.6 Å². The van der Waals surface area contributed by atoms with Gasteiger partial charge in [0.1, 0.15) is 5.82 Å². The Morgan fingerprint density at radius 1 is 1.24 bits per heavy atom. The van der Waals surface area contributed by atoms with E-state index in [0.717, 1.165) is 29.3 Å². The monoisotopic (exact) mass is 445 g/mol. The van der Waals surface area contributed by atoms with Crippen LogP contribution in [0.2, 0.25) is 0 Å². The van der Waals surface area contributed by atoms with E-state index in [-0.39, 0.29) is 30.1 Å². The number of hydrogen-bond acceptors (Lipinski definition) is 5. The minimum atomic E-state index is -0.329. The Hall–Kier alpha value is -3.65. The molecule has 1 fully saturated rings. The van der Waals surface area contributed by atoms with E-state index in [0.29, 0.717) is 24.4 Å². The zero-order valence-electron chi connectivity index (χ0n) is 18.3. The molecule has 0 N–H and O–H groups in total. The quantitative estimate of drug-likeness (QED) is 0.447. The maximum Gasteiger partial charge on any atom is 0.276 e. The Kier molecular flexibility index (Phi) is 5.83. The van der Waals surface area contributed by atoms with E-state index in [2.05, 4.69) is 15.3 Å². The molecule has 1 atom stereocenters. The SMILES string of the molecule is Cc1c(C(=O)N(Cc2cccc(F)c2)CC2CCCO2)nnn1-c1cccc2cnccc12. The van der Waals surface area contributed by atoms with Gasteiger partial charge in [0.05, 0.1) is 17.5 Å². The fourth-order valence-electron chi connectivity index (χ4n) is 4.30. The van der Waals surface area contributed by atoms with Crippen molar-refractivity contribution in [1.29, 1.82) is 0 Å². The standard InChI is InChI=1S/C25H24FN5O2/c1-17-24(28-29-31(17)23-9-3-6-19-14-27-11-10-22(19)23)25(32)30(16-21-8-4-12-33-21)15-18-5-2-7-20(26)13-18/h2-3,5-7,9-11,13-14,21H,4,8,12,15-16H2,1H3. The van der Waals surface area contributed by atoms with Crippen LogP contribution in [-0.4, -0.2) is 50.0 Å². The highest BCUT2D eigenvalue weighted by Crippen LogP contribution is 2.24. The zero-order valence-corrected chi connectivity index (χ0v) is 18.3. The van der Waals surface area contributed by atoms with Crippen LogP contribution < -0.4 is 0 Å². The molecule has 1 amide bonds. The van der Waals surface area contributed by atoms with Crippen LogP contribution in [-0.2, 0) is 11.3 Å². The minimum absolute atomic E-state index is 0.0385. The molecule has 8 heteroatoms. The smallest absolute Gasteiger partial charge is 0.276 e. The van der Waals surface area contributed by atoms with Crippen LogP contribution >= 0.6 is 0 Å². The second kappa shape index (κ2) is 9.07. The normalized spacial score (nSPS) is 15.8. The molecular formula is C25H24FN5O2. The lowest BCUT2D eigenvalue weighted by molar-refractivity contribution is 0.0502. The molecule has 5 rings (SSSR count). The molecule has 2 aromatic heterocycles. The number of rotatable bonds is 6. The Morgan fingerprint density at radius 2 is 2.12 bits per heavy atom. The average Bonchev–Trinajstić information content (AvgIpc) is 3.47. The molecule has 168 valence electrons. The Labute approximate surface area is 190 Å². The van der Waals surface area contributed by atoms with Gasteiger partial charge >= 0.3 is 0 Å². The summed E-state index contributed by atoms with van der Waals surface area (Å²) in [7, 11) is 0. The summed E-state index contributed by atoms with van der Waals surface area (Å²) in [5.74, 6) is -0.579. The van der Waals surface area contributed by atoms with Gasteiger partial charge in [0.25, 0.3) is 5.91 Å². The van der Waals surface area contributed by atoms with Crippen molar-refractivity contribution in [3.8, 4) is 5.69 Å². The first kappa shape index (κ1) is 21.2. The third kappa shape index (κ3) is 4.34. The van der Waals surface area contributed by atoms with Crippen LogP contribution in [0, 0.1) is 12.7 Å². The molecule has 4 aromatic rings. The summed E-state index contributed by atoms with van der Waals surface area (Å²) in [5.41, 5.74) is 2.46. The molecule has 0 radical (unpaired) electrons. The number of fused-ring (bicyclic) bond motifs is 1. The minimum Gasteiger partial charge on any atom is -0.376 e. The highest BCUT2D eigenvalue weighted by Gasteiger charge is 2.27. The van der Waals surface area contributed by atoms with E-state index in [4.69, 9.17) is 4.74 Å². The number of pyridine rings is 1. The molecule has 3 heterocycles. The van der Waals surface area contributed by atoms with Gasteiger partial charge in [-0.05, 0) is 49.6 Å². The van der Waals surface area contributed by atoms with E-state index in [1.54, 1.807) is 28.0 Å². The van der Waals surface area contributed by atoms with Gasteiger partial charge in [0.2, 0.25) is 0 Å². The molecule has 0 bridgehead atoms. The van der Waals surface area contributed by atoms with Crippen molar-refractivity contribution in [2.24, 2.45) is 0 Å². The third-order valence-corrected chi connectivity index (χ3v) is 5.98. The van der Waals surface area contributed by atoms with Crippen LogP contribution in [0.5, 0.6) is 0 Å². The van der Waals surface area contributed by atoms with Crippen molar-refractivity contribution in [1.82, 2.24) is 24.9 Å². The van der Waals surface area contributed by atoms with Gasteiger partial charge in [-0.2, -0.15) is 0 Å². The van der Waals surface area contributed by atoms with E-state index < -0.39 is 0 Å². The van der Waals surface area contributed by atoms with Gasteiger partial charge in [-0.15, -0.1) is 5.10 Å². The second-order valence-electron chi connectivity index (χ2n) is 8.26. The zero-order chi connectivity index (χ0) is 22.8. The summed E-state index contributed by atoms with van der Waals surface area (Å²) < 4.78 is 21.2. The molecule has 2 aromatic carbocycles. The second-order valence-corrected chi connectivity index (χ2v) is 8.26. The first-order valence-corrected chi connectivity index (χ1v) is 11.0. The molecule has 7 nitrogen and oxygen atoms in total. The van der Waals surface area contributed by atoms with Crippen LogP contribution in [0.15, 0.2) is 60.9 Å². The van der Waals surface area contributed by atoms with Gasteiger partial charge in [0, 0.05) is 42.9 Å². The topological polar surface area (TPSA) is 73.1 Å². The lowest BCUT2D eigenvalue weighted by atomic mass is 10.1. The molecule has 1 aliphatic rings. The maximum absolute atomic E-state index is 13.8. The van der Waals surface area contributed by atoms with E-state index >= 15 is 0 Å². The van der Waals surface area contributed by atoms with Crippen molar-refractivity contribution >= 4 is 16.7 Å². The Morgan fingerprint density at radius 3 is 2.94 bits per heavy atom. The van der Waals surface area contributed by atoms with Crippen molar-refractivity contribution in [3.05, 3.63) is 83.7 Å². The molecule has 0 spiro atoms. The fraction of sp³-hybridized carbons (Fsp3) is 0.280. The number of halogens is 1. The largest absolute Gasteiger partial charge is 0.376 e. The maximum atomic E-state index is 13.8. The van der Waals surface area contributed by atoms with E-state index in [1.165, 1.54) is 12.1 Å². The van der Waals surface area contributed by atoms with Gasteiger partial charge in [-0.3, -0.25) is 9.78 Å². The molecular weight excluding hydrogens is 421 g/mol. The van der Waals surface area contributed by atoms with E-state index in [9.17, 15) is 9.18 Å². The lowest BCUT2D eigenvalue weighted by Crippen LogP contribution is -2.37. The summed E-state index contributed by atoms with van der Waals surface area (Å²) in [5, 5.41) is 10.5. The lowest BCUT2D eigenvalue weighted by Gasteiger charge is -2.25. The Bertz CT molecular complexity index is 1290. The number of benzene rings is 2. The third-order valence-electron chi connectivity index (χ3n) is 5.98. The number of aromatic nitrogens is 4. The summed E-state index contributed by atoms with van der Waals surface area (Å²) in [6.45, 7) is 3.21. The van der Waals surface area contributed by atoms with Crippen molar-refractivity contribution < 1.29 is 13.9 Å². The summed E-state index contributed by atoms with van der Waals surface area (Å²) in [6, 6.07) is 14.1. The number of ether oxygens (including phenoxy) is 1. The number of nitrogens with zero attached hydrogens (tertiary/aromatic N) is 5. The number of amides is 1. The molecule has 33 heavy (non-hydrogen) atoms. The molecule has 0 aliphatic carbocycles. The fourth-order valence-corrected chi connectivity index (χ4v) is 4.30. The predicted molar refractivity (Wildman–Crippen MR) is 122 cm³/mol. The van der Waals surface area contributed by atoms with Crippen LogP contribution in [0.25, 0.3) is 16.5 Å². The highest BCUT2D eigenvalue weighted by atomic mass is 19.1. The van der Waals surface area contributed by atoms with Crippen molar-refractivity contribution in [2.45, 2.75) is 32.4 Å². The first-order chi connectivity index (χ1) is 16.1. The van der Waals surface area contributed by atoms with Gasteiger partial charge in [-0.25, -0.2) is 9.07 Å². The van der Waals surface area contributed by atoms with E-state index in [1.807, 2.05) is 37.3 Å². The van der Waals surface area contributed by atoms with Crippen molar-refractivity contribution in [2.75, 3.05) is 13.2 Å². The van der Waals surface area contributed by atoms with Crippen molar-refractivity contribution in [3.63, 3.8) is 0 Å². The van der Waals surface area contributed by atoms with Crippen LogP contribution in [0.3, 0.4) is 0 Å². The molecule has 0 saturated carbocycles. The number of carbonyl (C=O) groups excluding carboxylic acids is 1. The summed E-state index contributed by atoms with van der Waals surface area (Å²) in [4.78, 5) is 19.5. The molecule has 1 saturated heterocycles. The van der Waals surface area contributed by atoms with Gasteiger partial charge in [0.15, 0.2) is 5.69 Å². The summed E-state index contributed by atoms with van der Waals surface area (Å²) >= 11 is 0. The highest BCUT2D eigenvalue weighted by molar-refractivity contribution is 5.94. The van der Waals surface area contributed by atoms with Gasteiger partial charge in [-0.1, -0.05) is 29.5 Å². The number of carbonyl (C=O) groups is 1.